The molecule has 4 nitrogen and oxygen atoms in total. The van der Waals surface area contributed by atoms with Gasteiger partial charge in [-0.25, -0.2) is 0 Å². The lowest BCUT2D eigenvalue weighted by Crippen LogP contribution is -2.07. The van der Waals surface area contributed by atoms with Gasteiger partial charge in [0.1, 0.15) is 0 Å². The van der Waals surface area contributed by atoms with Crippen LogP contribution >= 0.6 is 0 Å². The Balaban J connectivity index is 1.47. The van der Waals surface area contributed by atoms with E-state index in [2.05, 4.69) is 21.6 Å². The van der Waals surface area contributed by atoms with Gasteiger partial charge in [-0.05, 0) is 31.2 Å². The number of benzene rings is 1. The first-order valence-electron chi connectivity index (χ1n) is 6.95. The van der Waals surface area contributed by atoms with Crippen molar-refractivity contribution in [2.24, 2.45) is 5.92 Å². The molecular weight excluding hydrogens is 238 g/mol. The second-order valence-corrected chi connectivity index (χ2v) is 5.07. The second kappa shape index (κ2) is 5.97. The van der Waals surface area contributed by atoms with E-state index >= 15 is 0 Å². The first-order valence-corrected chi connectivity index (χ1v) is 6.95. The third-order valence-electron chi connectivity index (χ3n) is 3.38. The number of nitrogens with zero attached hydrogens (tertiary/aromatic N) is 2. The zero-order chi connectivity index (χ0) is 12.9. The molecule has 1 aromatic heterocycles. The Labute approximate surface area is 113 Å². The van der Waals surface area contributed by atoms with Gasteiger partial charge in [-0.1, -0.05) is 18.2 Å². The van der Waals surface area contributed by atoms with Crippen LogP contribution in [0.3, 0.4) is 0 Å². The van der Waals surface area contributed by atoms with Crippen molar-refractivity contribution in [2.75, 3.05) is 25.1 Å². The van der Waals surface area contributed by atoms with Crippen molar-refractivity contribution in [3.05, 3.63) is 30.5 Å². The number of nitrogens with one attached hydrogen (secondary N) is 1. The van der Waals surface area contributed by atoms with E-state index in [4.69, 9.17) is 4.74 Å². The molecule has 1 N–H and O–H groups in total. The molecule has 0 saturated heterocycles. The van der Waals surface area contributed by atoms with Crippen LogP contribution in [0.4, 0.5) is 5.69 Å². The second-order valence-electron chi connectivity index (χ2n) is 5.07. The number of ether oxygens (including phenoxy) is 1. The smallest absolute Gasteiger partial charge is 0.0950 e. The largest absolute Gasteiger partial charge is 0.383 e. The molecule has 100 valence electrons. The van der Waals surface area contributed by atoms with E-state index in [1.54, 1.807) is 6.20 Å². The zero-order valence-electron chi connectivity index (χ0n) is 11.0. The van der Waals surface area contributed by atoms with Gasteiger partial charge in [0.05, 0.1) is 17.4 Å². The minimum absolute atomic E-state index is 0.833. The molecule has 19 heavy (non-hydrogen) atoms. The molecule has 0 atom stereocenters. The molecule has 0 radical (unpaired) electrons. The summed E-state index contributed by atoms with van der Waals surface area (Å²) >= 11 is 0. The molecule has 0 unspecified atom stereocenters. The fourth-order valence-electron chi connectivity index (χ4n) is 2.08. The maximum Gasteiger partial charge on any atom is 0.0950 e. The van der Waals surface area contributed by atoms with Crippen LogP contribution in [-0.2, 0) is 4.74 Å². The van der Waals surface area contributed by atoms with Crippen LogP contribution in [-0.4, -0.2) is 30.0 Å². The molecule has 0 aliphatic heterocycles. The van der Waals surface area contributed by atoms with Gasteiger partial charge in [-0.15, -0.1) is 0 Å². The average molecular weight is 257 g/mol. The first kappa shape index (κ1) is 12.4. The SMILES string of the molecule is c1ccc2c(NCCCOCC3CC3)cnnc2c1. The fraction of sp³-hybridized carbons (Fsp3) is 0.467. The van der Waals surface area contributed by atoms with Gasteiger partial charge in [-0.3, -0.25) is 0 Å². The summed E-state index contributed by atoms with van der Waals surface area (Å²) in [7, 11) is 0. The lowest BCUT2D eigenvalue weighted by Gasteiger charge is -2.08. The third kappa shape index (κ3) is 3.41. The van der Waals surface area contributed by atoms with Crippen LogP contribution in [0.5, 0.6) is 0 Å². The van der Waals surface area contributed by atoms with E-state index < -0.39 is 0 Å². The van der Waals surface area contributed by atoms with Crippen molar-refractivity contribution in [1.29, 1.82) is 0 Å². The van der Waals surface area contributed by atoms with Crippen molar-refractivity contribution in [3.8, 4) is 0 Å². The molecule has 0 bridgehead atoms. The minimum Gasteiger partial charge on any atom is -0.383 e. The van der Waals surface area contributed by atoms with Crippen LogP contribution < -0.4 is 5.32 Å². The van der Waals surface area contributed by atoms with Crippen molar-refractivity contribution in [1.82, 2.24) is 10.2 Å². The summed E-state index contributed by atoms with van der Waals surface area (Å²) in [5.41, 5.74) is 1.98. The molecule has 2 aromatic rings. The molecule has 0 spiro atoms. The molecule has 4 heteroatoms. The maximum absolute atomic E-state index is 5.62. The van der Waals surface area contributed by atoms with Gasteiger partial charge in [0.25, 0.3) is 0 Å². The highest BCUT2D eigenvalue weighted by molar-refractivity contribution is 5.90. The van der Waals surface area contributed by atoms with Crippen molar-refractivity contribution in [2.45, 2.75) is 19.3 Å². The topological polar surface area (TPSA) is 47.0 Å². The van der Waals surface area contributed by atoms with E-state index in [0.29, 0.717) is 0 Å². The first-order chi connectivity index (χ1) is 9.43. The van der Waals surface area contributed by atoms with Gasteiger partial charge < -0.3 is 10.1 Å². The average Bonchev–Trinajstić information content (AvgIpc) is 3.27. The summed E-state index contributed by atoms with van der Waals surface area (Å²) in [6, 6.07) is 8.04. The molecular formula is C15H19N3O. The highest BCUT2D eigenvalue weighted by atomic mass is 16.5. The Morgan fingerprint density at radius 1 is 1.26 bits per heavy atom. The van der Waals surface area contributed by atoms with E-state index in [9.17, 15) is 0 Å². The predicted molar refractivity (Wildman–Crippen MR) is 76.2 cm³/mol. The highest BCUT2D eigenvalue weighted by Gasteiger charge is 2.20. The molecule has 1 aliphatic rings. The van der Waals surface area contributed by atoms with Crippen LogP contribution in [0.1, 0.15) is 19.3 Å². The number of hydrogen-bond acceptors (Lipinski definition) is 4. The van der Waals surface area contributed by atoms with Gasteiger partial charge in [0.15, 0.2) is 0 Å². The van der Waals surface area contributed by atoms with Crippen LogP contribution in [0.25, 0.3) is 10.9 Å². The number of rotatable bonds is 7. The number of fused-ring (bicyclic) bond motifs is 1. The Kier molecular flexibility index (Phi) is 3.89. The monoisotopic (exact) mass is 257 g/mol. The van der Waals surface area contributed by atoms with E-state index in [-0.39, 0.29) is 0 Å². The summed E-state index contributed by atoms with van der Waals surface area (Å²) in [5.74, 6) is 0.848. The Bertz CT molecular complexity index is 534. The quantitative estimate of drug-likeness (QED) is 0.775. The Morgan fingerprint density at radius 3 is 3.05 bits per heavy atom. The summed E-state index contributed by atoms with van der Waals surface area (Å²) < 4.78 is 5.62. The predicted octanol–water partition coefficient (Wildman–Crippen LogP) is 2.86. The van der Waals surface area contributed by atoms with Crippen molar-refractivity contribution < 1.29 is 4.74 Å². The lowest BCUT2D eigenvalue weighted by atomic mass is 10.2. The summed E-state index contributed by atoms with van der Waals surface area (Å²) in [6.45, 7) is 2.68. The number of anilines is 1. The van der Waals surface area contributed by atoms with E-state index in [1.807, 2.05) is 18.2 Å². The van der Waals surface area contributed by atoms with Gasteiger partial charge in [0.2, 0.25) is 0 Å². The number of hydrogen-bond donors (Lipinski definition) is 1. The van der Waals surface area contributed by atoms with Crippen molar-refractivity contribution >= 4 is 16.6 Å². The number of aromatic nitrogens is 2. The molecule has 1 fully saturated rings. The Hall–Kier alpha value is -1.68. The molecule has 1 heterocycles. The normalized spacial score (nSPS) is 14.7. The molecule has 1 aromatic carbocycles. The van der Waals surface area contributed by atoms with E-state index in [0.717, 1.165) is 48.7 Å². The van der Waals surface area contributed by atoms with E-state index in [1.165, 1.54) is 12.8 Å². The maximum atomic E-state index is 5.62. The van der Waals surface area contributed by atoms with Gasteiger partial charge in [0, 0.05) is 25.1 Å². The van der Waals surface area contributed by atoms with Crippen molar-refractivity contribution in [3.63, 3.8) is 0 Å². The van der Waals surface area contributed by atoms with Gasteiger partial charge >= 0.3 is 0 Å². The molecule has 1 aliphatic carbocycles. The summed E-state index contributed by atoms with van der Waals surface area (Å²) in [5, 5.41) is 12.7. The van der Waals surface area contributed by atoms with Crippen LogP contribution in [0.2, 0.25) is 0 Å². The Morgan fingerprint density at radius 2 is 2.16 bits per heavy atom. The standard InChI is InChI=1S/C15H19N3O/c1-2-5-14-13(4-1)15(10-17-18-14)16-8-3-9-19-11-12-6-7-12/h1-2,4-5,10,12H,3,6-9,11H2,(H,16,18). The van der Waals surface area contributed by atoms with Crippen LogP contribution in [0, 0.1) is 5.92 Å². The van der Waals surface area contributed by atoms with Gasteiger partial charge in [-0.2, -0.15) is 10.2 Å². The highest BCUT2D eigenvalue weighted by Crippen LogP contribution is 2.28. The summed E-state index contributed by atoms with van der Waals surface area (Å²) in [4.78, 5) is 0. The molecule has 3 rings (SSSR count). The molecule has 0 amide bonds. The minimum atomic E-state index is 0.833. The molecule has 1 saturated carbocycles. The summed E-state index contributed by atoms with van der Waals surface area (Å²) in [6.07, 6.45) is 5.51. The van der Waals surface area contributed by atoms with Crippen LogP contribution in [0.15, 0.2) is 30.5 Å². The third-order valence-corrected chi connectivity index (χ3v) is 3.38. The lowest BCUT2D eigenvalue weighted by molar-refractivity contribution is 0.124. The fourth-order valence-corrected chi connectivity index (χ4v) is 2.08. The zero-order valence-corrected chi connectivity index (χ0v) is 11.0.